The molecule has 1 heterocycles. The summed E-state index contributed by atoms with van der Waals surface area (Å²) in [5.74, 6) is -1.33. The number of benzene rings is 1. The molecular formula is C13H13NO4. The summed E-state index contributed by atoms with van der Waals surface area (Å²) < 4.78 is 5.33. The number of aromatic nitrogens is 1. The van der Waals surface area contributed by atoms with Gasteiger partial charge in [0.15, 0.2) is 17.3 Å². The van der Waals surface area contributed by atoms with Crippen LogP contribution in [0.3, 0.4) is 0 Å². The molecule has 0 fully saturated rings. The van der Waals surface area contributed by atoms with Gasteiger partial charge in [0.05, 0.1) is 5.92 Å². The molecule has 0 saturated heterocycles. The van der Waals surface area contributed by atoms with Crippen molar-refractivity contribution in [1.29, 1.82) is 0 Å². The number of carbonyl (C=O) groups excluding carboxylic acids is 1. The molecule has 0 aliphatic heterocycles. The molecule has 1 N–H and O–H groups in total. The van der Waals surface area contributed by atoms with E-state index in [1.807, 2.05) is 0 Å². The number of nitrogens with zero attached hydrogens (tertiary/aromatic N) is 1. The van der Waals surface area contributed by atoms with Crippen LogP contribution in [-0.2, 0) is 4.79 Å². The number of fused-ring (bicyclic) bond motifs is 1. The first-order valence-corrected chi connectivity index (χ1v) is 5.60. The predicted molar refractivity (Wildman–Crippen MR) is 64.5 cm³/mol. The summed E-state index contributed by atoms with van der Waals surface area (Å²) in [6.45, 7) is 3.24. The molecule has 1 atom stereocenters. The minimum Gasteiger partial charge on any atom is -0.481 e. The number of carboxylic acids is 1. The van der Waals surface area contributed by atoms with E-state index in [0.717, 1.165) is 0 Å². The van der Waals surface area contributed by atoms with E-state index in [1.54, 1.807) is 25.1 Å². The summed E-state index contributed by atoms with van der Waals surface area (Å²) in [4.78, 5) is 26.7. The lowest BCUT2D eigenvalue weighted by Crippen LogP contribution is -2.14. The number of carboxylic acid groups (broad SMARTS) is 1. The van der Waals surface area contributed by atoms with Crippen molar-refractivity contribution in [2.24, 2.45) is 5.92 Å². The van der Waals surface area contributed by atoms with Crippen LogP contribution < -0.4 is 0 Å². The largest absolute Gasteiger partial charge is 0.481 e. The number of aliphatic carboxylic acids is 1. The predicted octanol–water partition coefficient (Wildman–Crippen LogP) is 2.43. The molecule has 0 bridgehead atoms. The van der Waals surface area contributed by atoms with E-state index < -0.39 is 11.9 Å². The quantitative estimate of drug-likeness (QED) is 0.839. The summed E-state index contributed by atoms with van der Waals surface area (Å²) >= 11 is 0. The van der Waals surface area contributed by atoms with Gasteiger partial charge in [-0.25, -0.2) is 4.98 Å². The van der Waals surface area contributed by atoms with Crippen molar-refractivity contribution < 1.29 is 19.1 Å². The van der Waals surface area contributed by atoms with Gasteiger partial charge >= 0.3 is 5.97 Å². The van der Waals surface area contributed by atoms with Crippen molar-refractivity contribution in [2.45, 2.75) is 20.3 Å². The molecule has 2 rings (SSSR count). The minimum atomic E-state index is -0.972. The van der Waals surface area contributed by atoms with Crippen LogP contribution in [0.4, 0.5) is 0 Å². The van der Waals surface area contributed by atoms with Gasteiger partial charge in [0.25, 0.3) is 0 Å². The Bertz CT molecular complexity index is 614. The summed E-state index contributed by atoms with van der Waals surface area (Å²) in [6, 6.07) is 4.94. The Morgan fingerprint density at radius 3 is 2.83 bits per heavy atom. The number of rotatable bonds is 4. The van der Waals surface area contributed by atoms with E-state index in [9.17, 15) is 9.59 Å². The number of ketones is 1. The number of Topliss-reactive ketones (excluding diaryl/α,β-unsaturated/α-hetero) is 1. The topological polar surface area (TPSA) is 80.4 Å². The van der Waals surface area contributed by atoms with Crippen molar-refractivity contribution in [3.63, 3.8) is 0 Å². The summed E-state index contributed by atoms with van der Waals surface area (Å²) in [5, 5.41) is 8.77. The first-order chi connectivity index (χ1) is 8.47. The molecule has 1 aromatic carbocycles. The van der Waals surface area contributed by atoms with Crippen molar-refractivity contribution >= 4 is 22.9 Å². The highest BCUT2D eigenvalue weighted by Crippen LogP contribution is 2.19. The molecule has 94 valence electrons. The average molecular weight is 247 g/mol. The summed E-state index contributed by atoms with van der Waals surface area (Å²) in [5.41, 5.74) is 1.68. The van der Waals surface area contributed by atoms with Gasteiger partial charge < -0.3 is 9.52 Å². The zero-order chi connectivity index (χ0) is 13.3. The number of hydrogen-bond donors (Lipinski definition) is 1. The number of aryl methyl sites for hydroxylation is 1. The van der Waals surface area contributed by atoms with Crippen LogP contribution in [0.25, 0.3) is 11.1 Å². The Kier molecular flexibility index (Phi) is 3.14. The highest BCUT2D eigenvalue weighted by Gasteiger charge is 2.17. The van der Waals surface area contributed by atoms with Crippen molar-refractivity contribution in [2.75, 3.05) is 0 Å². The second-order valence-electron chi connectivity index (χ2n) is 4.28. The van der Waals surface area contributed by atoms with Crippen molar-refractivity contribution in [3.05, 3.63) is 29.7 Å². The van der Waals surface area contributed by atoms with E-state index in [4.69, 9.17) is 9.52 Å². The number of carbonyl (C=O) groups is 2. The van der Waals surface area contributed by atoms with Crippen LogP contribution in [-0.4, -0.2) is 21.8 Å². The highest BCUT2D eigenvalue weighted by atomic mass is 16.4. The van der Waals surface area contributed by atoms with Crippen LogP contribution in [0.2, 0.25) is 0 Å². The van der Waals surface area contributed by atoms with Gasteiger partial charge in [0.1, 0.15) is 5.52 Å². The van der Waals surface area contributed by atoms with E-state index in [2.05, 4.69) is 4.98 Å². The fourth-order valence-corrected chi connectivity index (χ4v) is 1.70. The standard InChI is InChI=1S/C13H13NO4/c1-7(13(16)17)5-11(15)9-3-4-10-12(6-9)18-8(2)14-10/h3-4,6-7H,5H2,1-2H3,(H,16,17). The third-order valence-electron chi connectivity index (χ3n) is 2.73. The van der Waals surface area contributed by atoms with Gasteiger partial charge in [0.2, 0.25) is 0 Å². The lowest BCUT2D eigenvalue weighted by atomic mass is 10.00. The van der Waals surface area contributed by atoms with Crippen LogP contribution in [0.1, 0.15) is 29.6 Å². The van der Waals surface area contributed by atoms with Gasteiger partial charge in [-0.3, -0.25) is 9.59 Å². The third-order valence-corrected chi connectivity index (χ3v) is 2.73. The summed E-state index contributed by atoms with van der Waals surface area (Å²) in [6.07, 6.45) is -0.0199. The lowest BCUT2D eigenvalue weighted by Gasteiger charge is -2.04. The fraction of sp³-hybridized carbons (Fsp3) is 0.308. The second-order valence-corrected chi connectivity index (χ2v) is 4.28. The van der Waals surface area contributed by atoms with E-state index >= 15 is 0 Å². The van der Waals surface area contributed by atoms with Gasteiger partial charge in [-0.1, -0.05) is 6.92 Å². The Balaban J connectivity index is 2.25. The SMILES string of the molecule is Cc1nc2ccc(C(=O)CC(C)C(=O)O)cc2o1. The van der Waals surface area contributed by atoms with Crippen LogP contribution >= 0.6 is 0 Å². The zero-order valence-corrected chi connectivity index (χ0v) is 10.1. The maximum absolute atomic E-state index is 11.9. The normalized spacial score (nSPS) is 12.6. The minimum absolute atomic E-state index is 0.0199. The van der Waals surface area contributed by atoms with Gasteiger partial charge in [-0.05, 0) is 18.2 Å². The number of hydrogen-bond acceptors (Lipinski definition) is 4. The first kappa shape index (κ1) is 12.3. The molecule has 1 unspecified atom stereocenters. The summed E-state index contributed by atoms with van der Waals surface area (Å²) in [7, 11) is 0. The number of oxazole rings is 1. The van der Waals surface area contributed by atoms with Gasteiger partial charge in [-0.2, -0.15) is 0 Å². The smallest absolute Gasteiger partial charge is 0.306 e. The van der Waals surface area contributed by atoms with E-state index in [1.165, 1.54) is 6.92 Å². The molecule has 2 aromatic rings. The Labute approximate surface area is 103 Å². The Morgan fingerprint density at radius 2 is 2.17 bits per heavy atom. The maximum Gasteiger partial charge on any atom is 0.306 e. The third kappa shape index (κ3) is 2.40. The zero-order valence-electron chi connectivity index (χ0n) is 10.1. The van der Waals surface area contributed by atoms with Gasteiger partial charge in [0, 0.05) is 18.9 Å². The molecule has 1 aromatic heterocycles. The van der Waals surface area contributed by atoms with Gasteiger partial charge in [-0.15, -0.1) is 0 Å². The van der Waals surface area contributed by atoms with Crippen LogP contribution in [0.5, 0.6) is 0 Å². The molecule has 0 amide bonds. The molecule has 18 heavy (non-hydrogen) atoms. The molecule has 0 spiro atoms. The fourth-order valence-electron chi connectivity index (χ4n) is 1.70. The monoisotopic (exact) mass is 247 g/mol. The molecule has 0 aliphatic carbocycles. The van der Waals surface area contributed by atoms with Crippen molar-refractivity contribution in [3.8, 4) is 0 Å². The van der Waals surface area contributed by atoms with Crippen LogP contribution in [0, 0.1) is 12.8 Å². The lowest BCUT2D eigenvalue weighted by molar-refractivity contribution is -0.141. The molecular weight excluding hydrogens is 234 g/mol. The van der Waals surface area contributed by atoms with E-state index in [0.29, 0.717) is 22.6 Å². The molecule has 0 aliphatic rings. The van der Waals surface area contributed by atoms with Crippen molar-refractivity contribution in [1.82, 2.24) is 4.98 Å². The first-order valence-electron chi connectivity index (χ1n) is 5.60. The average Bonchev–Trinajstić information content (AvgIpc) is 2.67. The Morgan fingerprint density at radius 1 is 1.44 bits per heavy atom. The van der Waals surface area contributed by atoms with E-state index in [-0.39, 0.29) is 12.2 Å². The maximum atomic E-state index is 11.9. The Hall–Kier alpha value is -2.17. The highest BCUT2D eigenvalue weighted by molar-refractivity contribution is 6.00. The molecule has 0 saturated carbocycles. The van der Waals surface area contributed by atoms with Crippen LogP contribution in [0.15, 0.2) is 22.6 Å². The molecule has 5 nitrogen and oxygen atoms in total. The molecule has 5 heteroatoms. The molecule has 0 radical (unpaired) electrons. The second kappa shape index (κ2) is 4.60.